The number of hydrogen-bond acceptors (Lipinski definition) is 3. The standard InChI is InChI=1S/C27H38N2O2/c1-20(2)14-29(27(30)19-31-5)17-25-16-28(15-23-10-6-21(3)7-11-23)18-26(25)24-12-8-22(4)9-13-24/h6-13,20,25-26H,14-19H2,1-5H3. The summed E-state index contributed by atoms with van der Waals surface area (Å²) in [5.74, 6) is 1.36. The fourth-order valence-electron chi connectivity index (χ4n) is 4.63. The van der Waals surface area contributed by atoms with Crippen LogP contribution in [0.15, 0.2) is 48.5 Å². The summed E-state index contributed by atoms with van der Waals surface area (Å²) < 4.78 is 5.16. The predicted molar refractivity (Wildman–Crippen MR) is 127 cm³/mol. The van der Waals surface area contributed by atoms with E-state index >= 15 is 0 Å². The van der Waals surface area contributed by atoms with Crippen LogP contribution < -0.4 is 0 Å². The largest absolute Gasteiger partial charge is 0.375 e. The first-order valence-electron chi connectivity index (χ1n) is 11.5. The van der Waals surface area contributed by atoms with Gasteiger partial charge in [-0.25, -0.2) is 0 Å². The van der Waals surface area contributed by atoms with E-state index in [4.69, 9.17) is 4.74 Å². The van der Waals surface area contributed by atoms with E-state index in [1.807, 2.05) is 4.90 Å². The van der Waals surface area contributed by atoms with Crippen molar-refractivity contribution in [3.63, 3.8) is 0 Å². The average Bonchev–Trinajstić information content (AvgIpc) is 3.12. The van der Waals surface area contributed by atoms with Crippen molar-refractivity contribution < 1.29 is 9.53 Å². The molecule has 0 aliphatic carbocycles. The number of ether oxygens (including phenoxy) is 1. The quantitative estimate of drug-likeness (QED) is 0.590. The number of carbonyl (C=O) groups is 1. The number of nitrogens with zero attached hydrogens (tertiary/aromatic N) is 2. The van der Waals surface area contributed by atoms with Gasteiger partial charge in [-0.3, -0.25) is 9.69 Å². The fourth-order valence-corrected chi connectivity index (χ4v) is 4.63. The van der Waals surface area contributed by atoms with Crippen LogP contribution in [-0.4, -0.2) is 55.6 Å². The topological polar surface area (TPSA) is 32.8 Å². The van der Waals surface area contributed by atoms with Crippen LogP contribution in [0.3, 0.4) is 0 Å². The van der Waals surface area contributed by atoms with E-state index < -0.39 is 0 Å². The van der Waals surface area contributed by atoms with Crippen LogP contribution in [-0.2, 0) is 16.1 Å². The third-order valence-corrected chi connectivity index (χ3v) is 6.21. The van der Waals surface area contributed by atoms with Gasteiger partial charge < -0.3 is 9.64 Å². The van der Waals surface area contributed by atoms with Crippen molar-refractivity contribution in [1.82, 2.24) is 9.80 Å². The van der Waals surface area contributed by atoms with E-state index in [9.17, 15) is 4.79 Å². The van der Waals surface area contributed by atoms with Crippen molar-refractivity contribution in [2.24, 2.45) is 11.8 Å². The summed E-state index contributed by atoms with van der Waals surface area (Å²) in [5, 5.41) is 0. The second-order valence-corrected chi connectivity index (χ2v) is 9.58. The highest BCUT2D eigenvalue weighted by Gasteiger charge is 2.35. The van der Waals surface area contributed by atoms with Crippen molar-refractivity contribution in [3.8, 4) is 0 Å². The molecule has 1 aliphatic heterocycles. The number of benzene rings is 2. The molecule has 2 unspecified atom stereocenters. The van der Waals surface area contributed by atoms with Gasteiger partial charge in [0.05, 0.1) is 0 Å². The van der Waals surface area contributed by atoms with E-state index in [1.54, 1.807) is 7.11 Å². The van der Waals surface area contributed by atoms with Gasteiger partial charge in [0.1, 0.15) is 6.61 Å². The molecule has 1 fully saturated rings. The van der Waals surface area contributed by atoms with E-state index in [0.717, 1.165) is 32.7 Å². The smallest absolute Gasteiger partial charge is 0.248 e. The minimum atomic E-state index is 0.0934. The van der Waals surface area contributed by atoms with E-state index in [2.05, 4.69) is 81.1 Å². The van der Waals surface area contributed by atoms with Crippen LogP contribution in [0, 0.1) is 25.7 Å². The van der Waals surface area contributed by atoms with Gasteiger partial charge in [-0.05, 0) is 36.8 Å². The molecule has 4 heteroatoms. The maximum atomic E-state index is 12.7. The lowest BCUT2D eigenvalue weighted by Gasteiger charge is -2.30. The van der Waals surface area contributed by atoms with Gasteiger partial charge in [-0.15, -0.1) is 0 Å². The minimum Gasteiger partial charge on any atom is -0.375 e. The van der Waals surface area contributed by atoms with E-state index in [0.29, 0.717) is 17.8 Å². The Morgan fingerprint density at radius 1 is 1.03 bits per heavy atom. The van der Waals surface area contributed by atoms with Crippen LogP contribution in [0.1, 0.15) is 42.0 Å². The maximum Gasteiger partial charge on any atom is 0.248 e. The van der Waals surface area contributed by atoms with Gasteiger partial charge in [0.15, 0.2) is 0 Å². The molecule has 168 valence electrons. The number of likely N-dealkylation sites (tertiary alicyclic amines) is 1. The third kappa shape index (κ3) is 6.65. The molecule has 1 heterocycles. The molecule has 1 amide bonds. The first-order valence-corrected chi connectivity index (χ1v) is 11.5. The van der Waals surface area contributed by atoms with E-state index in [-0.39, 0.29) is 12.5 Å². The SMILES string of the molecule is COCC(=O)N(CC(C)C)CC1CN(Cc2ccc(C)cc2)CC1c1ccc(C)cc1. The number of carbonyl (C=O) groups excluding carboxylic acids is 1. The zero-order valence-electron chi connectivity index (χ0n) is 19.8. The summed E-state index contributed by atoms with van der Waals surface area (Å²) >= 11 is 0. The summed E-state index contributed by atoms with van der Waals surface area (Å²) in [6.07, 6.45) is 0. The highest BCUT2D eigenvalue weighted by Crippen LogP contribution is 2.34. The summed E-state index contributed by atoms with van der Waals surface area (Å²) in [6, 6.07) is 17.8. The number of amides is 1. The molecular weight excluding hydrogens is 384 g/mol. The lowest BCUT2D eigenvalue weighted by molar-refractivity contribution is -0.136. The van der Waals surface area contributed by atoms with Gasteiger partial charge >= 0.3 is 0 Å². The van der Waals surface area contributed by atoms with Gasteiger partial charge in [0, 0.05) is 45.8 Å². The second kappa shape index (κ2) is 10.9. The zero-order valence-corrected chi connectivity index (χ0v) is 19.8. The van der Waals surface area contributed by atoms with Crippen LogP contribution in [0.2, 0.25) is 0 Å². The average molecular weight is 423 g/mol. The molecule has 31 heavy (non-hydrogen) atoms. The van der Waals surface area contributed by atoms with Gasteiger partial charge in [-0.2, -0.15) is 0 Å². The Balaban J connectivity index is 1.79. The molecular formula is C27H38N2O2. The van der Waals surface area contributed by atoms with Crippen LogP contribution in [0.25, 0.3) is 0 Å². The number of rotatable bonds is 9. The van der Waals surface area contributed by atoms with Crippen LogP contribution in [0.4, 0.5) is 0 Å². The van der Waals surface area contributed by atoms with E-state index in [1.165, 1.54) is 22.3 Å². The monoisotopic (exact) mass is 422 g/mol. The Morgan fingerprint density at radius 2 is 1.65 bits per heavy atom. The number of hydrogen-bond donors (Lipinski definition) is 0. The number of methoxy groups -OCH3 is 1. The summed E-state index contributed by atoms with van der Waals surface area (Å²) in [7, 11) is 1.60. The molecule has 0 saturated carbocycles. The second-order valence-electron chi connectivity index (χ2n) is 9.58. The molecule has 2 aromatic carbocycles. The maximum absolute atomic E-state index is 12.7. The Morgan fingerprint density at radius 3 is 2.23 bits per heavy atom. The molecule has 1 saturated heterocycles. The summed E-state index contributed by atoms with van der Waals surface area (Å²) in [6.45, 7) is 13.3. The summed E-state index contributed by atoms with van der Waals surface area (Å²) in [4.78, 5) is 17.3. The molecule has 0 aromatic heterocycles. The minimum absolute atomic E-state index is 0.0934. The molecule has 2 atom stereocenters. The molecule has 0 spiro atoms. The van der Waals surface area contributed by atoms with Crippen molar-refractivity contribution in [3.05, 3.63) is 70.8 Å². The van der Waals surface area contributed by atoms with Gasteiger partial charge in [0.25, 0.3) is 0 Å². The predicted octanol–water partition coefficient (Wildman–Crippen LogP) is 4.65. The highest BCUT2D eigenvalue weighted by molar-refractivity contribution is 5.77. The first kappa shape index (κ1) is 23.5. The zero-order chi connectivity index (χ0) is 22.4. The van der Waals surface area contributed by atoms with Crippen LogP contribution >= 0.6 is 0 Å². The highest BCUT2D eigenvalue weighted by atomic mass is 16.5. The van der Waals surface area contributed by atoms with Crippen molar-refractivity contribution >= 4 is 5.91 Å². The normalized spacial score (nSPS) is 19.2. The molecule has 0 bridgehead atoms. The van der Waals surface area contributed by atoms with Crippen molar-refractivity contribution in [2.45, 2.75) is 40.2 Å². The molecule has 4 nitrogen and oxygen atoms in total. The van der Waals surface area contributed by atoms with Crippen molar-refractivity contribution in [1.29, 1.82) is 0 Å². The van der Waals surface area contributed by atoms with Gasteiger partial charge in [0.2, 0.25) is 5.91 Å². The van der Waals surface area contributed by atoms with Crippen molar-refractivity contribution in [2.75, 3.05) is 39.9 Å². The third-order valence-electron chi connectivity index (χ3n) is 6.21. The summed E-state index contributed by atoms with van der Waals surface area (Å²) in [5.41, 5.74) is 5.31. The lowest BCUT2D eigenvalue weighted by Crippen LogP contribution is -2.41. The molecule has 1 aliphatic rings. The first-order chi connectivity index (χ1) is 14.9. The molecule has 3 rings (SSSR count). The Hall–Kier alpha value is -2.17. The van der Waals surface area contributed by atoms with Gasteiger partial charge in [-0.1, -0.05) is 73.5 Å². The lowest BCUT2D eigenvalue weighted by atomic mass is 9.88. The molecule has 0 radical (unpaired) electrons. The molecule has 2 aromatic rings. The fraction of sp³-hybridized carbons (Fsp3) is 0.519. The van der Waals surface area contributed by atoms with Crippen LogP contribution in [0.5, 0.6) is 0 Å². The number of aryl methyl sites for hydroxylation is 2. The molecule has 0 N–H and O–H groups in total. The Bertz CT molecular complexity index is 829. The Kier molecular flexibility index (Phi) is 8.28. The Labute approximate surface area is 188 Å².